The molecule has 1 aliphatic heterocycles. The maximum absolute atomic E-state index is 13.5. The molecule has 46 heavy (non-hydrogen) atoms. The highest BCUT2D eigenvalue weighted by atomic mass is 16.6. The Morgan fingerprint density at radius 2 is 1.59 bits per heavy atom. The number of hydrogen-bond donors (Lipinski definition) is 3. The van der Waals surface area contributed by atoms with Crippen molar-refractivity contribution in [3.63, 3.8) is 0 Å². The SMILES string of the molecule is CC1=NC(C)=C(C(=O)OCCNC(=O)c2ccccc2O)C(c2ccccc2[N+](=O)[O-])C1C(=O)OCCNC(=O)c1cccnc1. The third kappa shape index (κ3) is 7.77. The van der Waals surface area contributed by atoms with E-state index in [4.69, 9.17) is 9.47 Å². The van der Waals surface area contributed by atoms with Gasteiger partial charge in [0.05, 0.1) is 34.7 Å². The van der Waals surface area contributed by atoms with E-state index in [9.17, 15) is 34.4 Å². The predicted octanol–water partition coefficient (Wildman–Crippen LogP) is 3.09. The molecule has 2 unspecified atom stereocenters. The number of nitrogens with one attached hydrogen (secondary N) is 2. The molecule has 14 heteroatoms. The van der Waals surface area contributed by atoms with Crippen molar-refractivity contribution in [1.29, 1.82) is 0 Å². The summed E-state index contributed by atoms with van der Waals surface area (Å²) in [5.41, 5.74) is 0.484. The number of pyridine rings is 1. The number of nitro groups is 1. The topological polar surface area (TPSA) is 199 Å². The van der Waals surface area contributed by atoms with E-state index in [1.54, 1.807) is 37.3 Å². The number of allylic oxidation sites excluding steroid dienone is 1. The van der Waals surface area contributed by atoms with Crippen molar-refractivity contribution in [2.45, 2.75) is 19.8 Å². The minimum Gasteiger partial charge on any atom is -0.507 e. The summed E-state index contributed by atoms with van der Waals surface area (Å²) in [5.74, 6) is -5.35. The quantitative estimate of drug-likeness (QED) is 0.116. The molecule has 2 aromatic carbocycles. The molecule has 2 heterocycles. The summed E-state index contributed by atoms with van der Waals surface area (Å²) in [6, 6.07) is 14.8. The molecule has 0 saturated carbocycles. The van der Waals surface area contributed by atoms with E-state index < -0.39 is 40.5 Å². The number of rotatable bonds is 12. The van der Waals surface area contributed by atoms with Crippen LogP contribution in [0, 0.1) is 16.0 Å². The Balaban J connectivity index is 1.51. The highest BCUT2D eigenvalue weighted by Crippen LogP contribution is 2.43. The van der Waals surface area contributed by atoms with Gasteiger partial charge in [-0.25, -0.2) is 4.79 Å². The first kappa shape index (κ1) is 33.0. The lowest BCUT2D eigenvalue weighted by Crippen LogP contribution is -2.38. The van der Waals surface area contributed by atoms with E-state index in [0.717, 1.165) is 0 Å². The Morgan fingerprint density at radius 3 is 2.28 bits per heavy atom. The highest BCUT2D eigenvalue weighted by Gasteiger charge is 2.44. The molecule has 1 aromatic heterocycles. The molecule has 0 aliphatic carbocycles. The van der Waals surface area contributed by atoms with Crippen molar-refractivity contribution in [3.05, 3.63) is 111 Å². The van der Waals surface area contributed by atoms with E-state index in [1.807, 2.05) is 0 Å². The fourth-order valence-electron chi connectivity index (χ4n) is 5.01. The van der Waals surface area contributed by atoms with Crippen LogP contribution >= 0.6 is 0 Å². The normalized spacial score (nSPS) is 15.7. The van der Waals surface area contributed by atoms with Crippen molar-refractivity contribution in [2.75, 3.05) is 26.3 Å². The van der Waals surface area contributed by atoms with Gasteiger partial charge in [0, 0.05) is 41.4 Å². The van der Waals surface area contributed by atoms with Gasteiger partial charge in [0.1, 0.15) is 24.9 Å². The van der Waals surface area contributed by atoms with Gasteiger partial charge < -0.3 is 25.2 Å². The first-order chi connectivity index (χ1) is 22.1. The van der Waals surface area contributed by atoms with Crippen LogP contribution in [0.25, 0.3) is 0 Å². The number of carbonyl (C=O) groups excluding carboxylic acids is 4. The largest absolute Gasteiger partial charge is 0.507 e. The number of aliphatic imine (C=N–C) groups is 1. The number of nitrogens with zero attached hydrogens (tertiary/aromatic N) is 3. The number of carbonyl (C=O) groups is 4. The average Bonchev–Trinajstić information content (AvgIpc) is 3.04. The summed E-state index contributed by atoms with van der Waals surface area (Å²) in [6.07, 6.45) is 2.91. The fourth-order valence-corrected chi connectivity index (χ4v) is 5.01. The maximum Gasteiger partial charge on any atom is 0.336 e. The van der Waals surface area contributed by atoms with E-state index in [-0.39, 0.29) is 65.8 Å². The van der Waals surface area contributed by atoms with E-state index in [0.29, 0.717) is 5.56 Å². The number of aromatic hydroxyl groups is 1. The first-order valence-corrected chi connectivity index (χ1v) is 14.2. The lowest BCUT2D eigenvalue weighted by molar-refractivity contribution is -0.385. The molecule has 1 aliphatic rings. The molecule has 3 N–H and O–H groups in total. The monoisotopic (exact) mass is 629 g/mol. The van der Waals surface area contributed by atoms with Gasteiger partial charge >= 0.3 is 11.9 Å². The van der Waals surface area contributed by atoms with Gasteiger partial charge in [-0.15, -0.1) is 0 Å². The summed E-state index contributed by atoms with van der Waals surface area (Å²) in [5, 5.41) is 27.1. The van der Waals surface area contributed by atoms with Gasteiger partial charge in [-0.05, 0) is 38.1 Å². The second-order valence-electron chi connectivity index (χ2n) is 10.1. The van der Waals surface area contributed by atoms with Crippen molar-refractivity contribution in [1.82, 2.24) is 15.6 Å². The molecule has 4 rings (SSSR count). The van der Waals surface area contributed by atoms with Crippen LogP contribution in [-0.4, -0.2) is 70.8 Å². The van der Waals surface area contributed by atoms with Gasteiger partial charge in [0.2, 0.25) is 0 Å². The van der Waals surface area contributed by atoms with Crippen LogP contribution in [0.5, 0.6) is 5.75 Å². The van der Waals surface area contributed by atoms with Gasteiger partial charge in [-0.1, -0.05) is 30.3 Å². The molecule has 0 spiro atoms. The third-order valence-electron chi connectivity index (χ3n) is 7.10. The fraction of sp³-hybridized carbons (Fsp3) is 0.250. The molecule has 3 aromatic rings. The third-order valence-corrected chi connectivity index (χ3v) is 7.10. The molecule has 0 fully saturated rings. The number of phenolic OH excluding ortho intramolecular Hbond substituents is 1. The number of hydrogen-bond acceptors (Lipinski definition) is 11. The lowest BCUT2D eigenvalue weighted by atomic mass is 9.75. The lowest BCUT2D eigenvalue weighted by Gasteiger charge is -2.31. The first-order valence-electron chi connectivity index (χ1n) is 14.2. The number of ether oxygens (including phenoxy) is 2. The van der Waals surface area contributed by atoms with E-state index in [2.05, 4.69) is 20.6 Å². The molecule has 14 nitrogen and oxygen atoms in total. The molecule has 2 amide bonds. The predicted molar refractivity (Wildman–Crippen MR) is 164 cm³/mol. The van der Waals surface area contributed by atoms with Crippen LogP contribution < -0.4 is 10.6 Å². The zero-order valence-corrected chi connectivity index (χ0v) is 25.0. The van der Waals surface area contributed by atoms with Gasteiger partial charge in [0.15, 0.2) is 0 Å². The number of nitro benzene ring substituents is 1. The second-order valence-corrected chi connectivity index (χ2v) is 10.1. The molecule has 238 valence electrons. The summed E-state index contributed by atoms with van der Waals surface area (Å²) in [4.78, 5) is 71.4. The number of benzene rings is 2. The van der Waals surface area contributed by atoms with Gasteiger partial charge in [-0.2, -0.15) is 0 Å². The Hall–Kier alpha value is -5.92. The van der Waals surface area contributed by atoms with Crippen LogP contribution in [0.15, 0.2) is 89.3 Å². The van der Waals surface area contributed by atoms with Gasteiger partial charge in [0.25, 0.3) is 17.5 Å². The van der Waals surface area contributed by atoms with Crippen LogP contribution in [-0.2, 0) is 19.1 Å². The number of esters is 2. The number of aromatic nitrogens is 1. The van der Waals surface area contributed by atoms with Crippen LogP contribution in [0.3, 0.4) is 0 Å². The van der Waals surface area contributed by atoms with Crippen molar-refractivity contribution in [2.24, 2.45) is 10.9 Å². The van der Waals surface area contributed by atoms with Crippen LogP contribution in [0.4, 0.5) is 5.69 Å². The van der Waals surface area contributed by atoms with Crippen LogP contribution in [0.2, 0.25) is 0 Å². The summed E-state index contributed by atoms with van der Waals surface area (Å²) in [6.45, 7) is 2.43. The maximum atomic E-state index is 13.5. The van der Waals surface area contributed by atoms with Crippen LogP contribution in [0.1, 0.15) is 46.0 Å². The van der Waals surface area contributed by atoms with Crippen molar-refractivity contribution >= 4 is 35.2 Å². The highest BCUT2D eigenvalue weighted by molar-refractivity contribution is 6.07. The molecule has 0 saturated heterocycles. The Morgan fingerprint density at radius 1 is 0.913 bits per heavy atom. The van der Waals surface area contributed by atoms with Gasteiger partial charge in [-0.3, -0.25) is 34.5 Å². The Bertz CT molecular complexity index is 1700. The minimum absolute atomic E-state index is 0.0330. The molecular formula is C32H31N5O9. The summed E-state index contributed by atoms with van der Waals surface area (Å²) < 4.78 is 10.9. The average molecular weight is 630 g/mol. The van der Waals surface area contributed by atoms with Crippen molar-refractivity contribution in [3.8, 4) is 5.75 Å². The minimum atomic E-state index is -1.23. The standard InChI is InChI=1S/C32H31N5O9/c1-19-26(31(41)45-16-14-34-29(39)21-8-7-13-33-18-21)28(22-9-3-5-11-24(22)37(43)44)27(20(2)36-19)32(42)46-17-15-35-30(40)23-10-4-6-12-25(23)38/h3-13,18,26,28,38H,14-17H2,1-2H3,(H,34,39)(H,35,40). The smallest absolute Gasteiger partial charge is 0.336 e. The van der Waals surface area contributed by atoms with E-state index >= 15 is 0 Å². The van der Waals surface area contributed by atoms with Crippen molar-refractivity contribution < 1.29 is 38.7 Å². The molecule has 2 atom stereocenters. The number of amides is 2. The second kappa shape index (κ2) is 15.2. The molecular weight excluding hydrogens is 598 g/mol. The zero-order chi connectivity index (χ0) is 33.2. The number of para-hydroxylation sites is 2. The Kier molecular flexibility index (Phi) is 10.9. The Labute approximate surface area is 263 Å². The van der Waals surface area contributed by atoms with E-state index in [1.165, 1.54) is 49.6 Å². The molecule has 0 radical (unpaired) electrons. The zero-order valence-electron chi connectivity index (χ0n) is 25.0. The number of phenols is 1. The summed E-state index contributed by atoms with van der Waals surface area (Å²) >= 11 is 0. The molecule has 0 bridgehead atoms. The summed E-state index contributed by atoms with van der Waals surface area (Å²) in [7, 11) is 0.